The minimum atomic E-state index is -0.487. The van der Waals surface area contributed by atoms with Gasteiger partial charge in [-0.25, -0.2) is 0 Å². The van der Waals surface area contributed by atoms with Crippen molar-refractivity contribution in [3.05, 3.63) is 64.8 Å². The number of anilines is 1. The molecule has 28 heavy (non-hydrogen) atoms. The van der Waals surface area contributed by atoms with Crippen LogP contribution in [0.15, 0.2) is 47.0 Å². The number of ether oxygens (including phenoxy) is 1. The molecule has 0 bridgehead atoms. The second-order valence-electron chi connectivity index (χ2n) is 5.79. The molecule has 0 fully saturated rings. The van der Waals surface area contributed by atoms with Gasteiger partial charge in [-0.3, -0.25) is 14.3 Å². The summed E-state index contributed by atoms with van der Waals surface area (Å²) in [7, 11) is 1.50. The van der Waals surface area contributed by atoms with E-state index in [1.165, 1.54) is 7.05 Å². The zero-order valence-electron chi connectivity index (χ0n) is 15.4. The molecule has 0 saturated carbocycles. The maximum absolute atomic E-state index is 12.5. The summed E-state index contributed by atoms with van der Waals surface area (Å²) in [6.45, 7) is 2.60. The molecule has 146 valence electrons. The number of amides is 2. The summed E-state index contributed by atoms with van der Waals surface area (Å²) in [6, 6.07) is 10.1. The zero-order valence-corrected chi connectivity index (χ0v) is 16.1. The third-order valence-corrected chi connectivity index (χ3v) is 4.11. The minimum absolute atomic E-state index is 0.0989. The van der Waals surface area contributed by atoms with Crippen molar-refractivity contribution in [2.24, 2.45) is 0 Å². The van der Waals surface area contributed by atoms with Crippen LogP contribution >= 0.6 is 11.6 Å². The van der Waals surface area contributed by atoms with Crippen LogP contribution in [-0.4, -0.2) is 28.6 Å². The van der Waals surface area contributed by atoms with Gasteiger partial charge in [0.15, 0.2) is 11.5 Å². The minimum Gasteiger partial charge on any atom is -0.486 e. The van der Waals surface area contributed by atoms with E-state index in [1.54, 1.807) is 47.3 Å². The predicted octanol–water partition coefficient (Wildman–Crippen LogP) is 3.34. The fourth-order valence-electron chi connectivity index (χ4n) is 2.41. The number of aryl methyl sites for hydroxylation is 1. The maximum Gasteiger partial charge on any atom is 0.291 e. The highest BCUT2D eigenvalue weighted by Crippen LogP contribution is 2.19. The Labute approximate surface area is 166 Å². The summed E-state index contributed by atoms with van der Waals surface area (Å²) >= 11 is 5.83. The van der Waals surface area contributed by atoms with Gasteiger partial charge in [0, 0.05) is 24.8 Å². The molecule has 3 rings (SSSR count). The molecule has 0 aliphatic rings. The van der Waals surface area contributed by atoms with Gasteiger partial charge in [0.1, 0.15) is 18.1 Å². The quantitative estimate of drug-likeness (QED) is 0.631. The van der Waals surface area contributed by atoms with Gasteiger partial charge in [-0.15, -0.1) is 0 Å². The molecule has 0 aliphatic carbocycles. The second kappa shape index (κ2) is 8.62. The highest BCUT2D eigenvalue weighted by Gasteiger charge is 2.19. The first kappa shape index (κ1) is 19.5. The van der Waals surface area contributed by atoms with Crippen molar-refractivity contribution in [2.45, 2.75) is 20.1 Å². The summed E-state index contributed by atoms with van der Waals surface area (Å²) in [5.74, 6) is 0.337. The van der Waals surface area contributed by atoms with Gasteiger partial charge in [-0.05, 0) is 43.3 Å². The molecule has 0 aliphatic heterocycles. The standard InChI is InChI=1S/C19H19ClN4O4/c1-3-24-10-15(17(23-24)19(26)21-2)22-18(25)16-9-8-14(28-16)11-27-13-6-4-12(20)5-7-13/h4-10H,3,11H2,1-2H3,(H,21,26)(H,22,25). The summed E-state index contributed by atoms with van der Waals surface area (Å²) in [6.07, 6.45) is 1.59. The first-order valence-electron chi connectivity index (χ1n) is 8.58. The van der Waals surface area contributed by atoms with Gasteiger partial charge in [0.05, 0.1) is 5.69 Å². The molecular formula is C19H19ClN4O4. The Kier molecular flexibility index (Phi) is 6.00. The first-order valence-corrected chi connectivity index (χ1v) is 8.96. The van der Waals surface area contributed by atoms with Gasteiger partial charge in [0.2, 0.25) is 0 Å². The number of nitrogens with zero attached hydrogens (tertiary/aromatic N) is 2. The van der Waals surface area contributed by atoms with Crippen LogP contribution in [0.4, 0.5) is 5.69 Å². The van der Waals surface area contributed by atoms with E-state index in [9.17, 15) is 9.59 Å². The molecule has 0 saturated heterocycles. The highest BCUT2D eigenvalue weighted by molar-refractivity contribution is 6.30. The lowest BCUT2D eigenvalue weighted by Gasteiger charge is -2.04. The SMILES string of the molecule is CCn1cc(NC(=O)c2ccc(COc3ccc(Cl)cc3)o2)c(C(=O)NC)n1. The number of carbonyl (C=O) groups is 2. The van der Waals surface area contributed by atoms with Crippen LogP contribution < -0.4 is 15.4 Å². The number of nitrogens with one attached hydrogen (secondary N) is 2. The van der Waals surface area contributed by atoms with Crippen molar-refractivity contribution in [3.8, 4) is 5.75 Å². The lowest BCUT2D eigenvalue weighted by atomic mass is 10.3. The van der Waals surface area contributed by atoms with Crippen molar-refractivity contribution in [1.82, 2.24) is 15.1 Å². The van der Waals surface area contributed by atoms with Crippen LogP contribution in [0, 0.1) is 0 Å². The fourth-order valence-corrected chi connectivity index (χ4v) is 2.53. The van der Waals surface area contributed by atoms with Crippen molar-refractivity contribution in [2.75, 3.05) is 12.4 Å². The number of halogens is 1. The average molecular weight is 403 g/mol. The number of rotatable bonds is 7. The summed E-state index contributed by atoms with van der Waals surface area (Å²) in [5.41, 5.74) is 0.442. The Morgan fingerprint density at radius 3 is 2.61 bits per heavy atom. The number of hydrogen-bond acceptors (Lipinski definition) is 5. The average Bonchev–Trinajstić information content (AvgIpc) is 3.34. The van der Waals surface area contributed by atoms with Crippen molar-refractivity contribution in [3.63, 3.8) is 0 Å². The molecule has 2 N–H and O–H groups in total. The maximum atomic E-state index is 12.5. The van der Waals surface area contributed by atoms with Crippen LogP contribution in [0.3, 0.4) is 0 Å². The Morgan fingerprint density at radius 2 is 1.93 bits per heavy atom. The van der Waals surface area contributed by atoms with E-state index in [1.807, 2.05) is 6.92 Å². The number of furan rings is 1. The predicted molar refractivity (Wildman–Crippen MR) is 104 cm³/mol. The molecule has 2 aromatic heterocycles. The monoisotopic (exact) mass is 402 g/mol. The van der Waals surface area contributed by atoms with Gasteiger partial charge in [-0.2, -0.15) is 5.10 Å². The van der Waals surface area contributed by atoms with Gasteiger partial charge in [0.25, 0.3) is 11.8 Å². The van der Waals surface area contributed by atoms with E-state index >= 15 is 0 Å². The molecule has 0 spiro atoms. The van der Waals surface area contributed by atoms with Crippen molar-refractivity contribution in [1.29, 1.82) is 0 Å². The molecule has 0 atom stereocenters. The lowest BCUT2D eigenvalue weighted by molar-refractivity contribution is 0.0958. The number of carbonyl (C=O) groups excluding carboxylic acids is 2. The third kappa shape index (κ3) is 4.52. The van der Waals surface area contributed by atoms with Crippen LogP contribution in [-0.2, 0) is 13.2 Å². The molecule has 3 aromatic rings. The largest absolute Gasteiger partial charge is 0.486 e. The van der Waals surface area contributed by atoms with Crippen molar-refractivity contribution < 1.29 is 18.7 Å². The van der Waals surface area contributed by atoms with Gasteiger partial charge >= 0.3 is 0 Å². The summed E-state index contributed by atoms with van der Waals surface area (Å²) in [5, 5.41) is 9.92. The lowest BCUT2D eigenvalue weighted by Crippen LogP contribution is -2.21. The van der Waals surface area contributed by atoms with Crippen molar-refractivity contribution >= 4 is 29.1 Å². The van der Waals surface area contributed by atoms with E-state index < -0.39 is 5.91 Å². The zero-order chi connectivity index (χ0) is 20.1. The second-order valence-corrected chi connectivity index (χ2v) is 6.23. The molecule has 1 aromatic carbocycles. The topological polar surface area (TPSA) is 98.4 Å². The third-order valence-electron chi connectivity index (χ3n) is 3.86. The van der Waals surface area contributed by atoms with E-state index in [2.05, 4.69) is 15.7 Å². The molecule has 9 heteroatoms. The Bertz CT molecular complexity index is 978. The van der Waals surface area contributed by atoms with E-state index in [4.69, 9.17) is 20.8 Å². The smallest absolute Gasteiger partial charge is 0.291 e. The Hall–Kier alpha value is -3.26. The van der Waals surface area contributed by atoms with E-state index in [0.29, 0.717) is 28.8 Å². The molecule has 8 nitrogen and oxygen atoms in total. The van der Waals surface area contributed by atoms with Crippen LogP contribution in [0.25, 0.3) is 0 Å². The molecule has 2 amide bonds. The number of benzene rings is 1. The van der Waals surface area contributed by atoms with Gasteiger partial charge in [-0.1, -0.05) is 11.6 Å². The number of aromatic nitrogens is 2. The van der Waals surface area contributed by atoms with E-state index in [-0.39, 0.29) is 24.0 Å². The van der Waals surface area contributed by atoms with Gasteiger partial charge < -0.3 is 19.8 Å². The summed E-state index contributed by atoms with van der Waals surface area (Å²) in [4.78, 5) is 24.4. The highest BCUT2D eigenvalue weighted by atomic mass is 35.5. The molecular weight excluding hydrogens is 384 g/mol. The molecule has 2 heterocycles. The Morgan fingerprint density at radius 1 is 1.18 bits per heavy atom. The first-order chi connectivity index (χ1) is 13.5. The molecule has 0 unspecified atom stereocenters. The van der Waals surface area contributed by atoms with Crippen LogP contribution in [0.1, 0.15) is 33.7 Å². The summed E-state index contributed by atoms with van der Waals surface area (Å²) < 4.78 is 12.7. The normalized spacial score (nSPS) is 10.5. The van der Waals surface area contributed by atoms with Crippen LogP contribution in [0.5, 0.6) is 5.75 Å². The molecule has 0 radical (unpaired) electrons. The fraction of sp³-hybridized carbons (Fsp3) is 0.211. The Balaban J connectivity index is 1.66. The van der Waals surface area contributed by atoms with Crippen LogP contribution in [0.2, 0.25) is 5.02 Å². The van der Waals surface area contributed by atoms with E-state index in [0.717, 1.165) is 0 Å². The number of hydrogen-bond donors (Lipinski definition) is 2.